The van der Waals surface area contributed by atoms with Crippen LogP contribution in [0.3, 0.4) is 0 Å². The Morgan fingerprint density at radius 1 is 1.33 bits per heavy atom. The molecule has 2 aromatic rings. The van der Waals surface area contributed by atoms with E-state index < -0.39 is 0 Å². The molecule has 6 nitrogen and oxygen atoms in total. The molecule has 0 saturated carbocycles. The van der Waals surface area contributed by atoms with Crippen LogP contribution in [0.5, 0.6) is 0 Å². The molecule has 0 aliphatic carbocycles. The summed E-state index contributed by atoms with van der Waals surface area (Å²) in [5.41, 5.74) is 5.99. The first-order valence-electron chi connectivity index (χ1n) is 4.08. The maximum absolute atomic E-state index is 10.8. The quantitative estimate of drug-likeness (QED) is 0.608. The highest BCUT2D eigenvalue weighted by Crippen LogP contribution is 2.11. The molecule has 7 heteroatoms. The van der Waals surface area contributed by atoms with Crippen LogP contribution in [0.1, 0.15) is 0 Å². The third kappa shape index (κ3) is 2.08. The van der Waals surface area contributed by atoms with E-state index in [1.165, 1.54) is 12.3 Å². The fourth-order valence-electron chi connectivity index (χ4n) is 1.10. The Morgan fingerprint density at radius 3 is 2.73 bits per heavy atom. The van der Waals surface area contributed by atoms with Crippen molar-refractivity contribution in [1.82, 2.24) is 19.9 Å². The van der Waals surface area contributed by atoms with Crippen molar-refractivity contribution in [3.8, 4) is 11.4 Å². The van der Waals surface area contributed by atoms with Gasteiger partial charge in [-0.1, -0.05) is 0 Å². The third-order valence-corrected chi connectivity index (χ3v) is 1.91. The lowest BCUT2D eigenvalue weighted by Gasteiger charge is -2.00. The van der Waals surface area contributed by atoms with Crippen LogP contribution in [-0.4, -0.2) is 19.9 Å². The van der Waals surface area contributed by atoms with Gasteiger partial charge in [0.15, 0.2) is 0 Å². The van der Waals surface area contributed by atoms with E-state index in [4.69, 9.17) is 18.0 Å². The Labute approximate surface area is 89.2 Å². The molecule has 2 heterocycles. The summed E-state index contributed by atoms with van der Waals surface area (Å²) < 4.78 is 0.160. The van der Waals surface area contributed by atoms with Crippen molar-refractivity contribution in [3.05, 3.63) is 33.5 Å². The fraction of sp³-hybridized carbons (Fsp3) is 0. The Hall–Kier alpha value is -2.02. The number of hydrogen-bond acceptors (Lipinski definition) is 5. The Bertz CT molecular complexity index is 582. The number of nitrogens with one attached hydrogen (secondary N) is 2. The van der Waals surface area contributed by atoms with Gasteiger partial charge < -0.3 is 15.7 Å². The summed E-state index contributed by atoms with van der Waals surface area (Å²) in [6, 6.07) is 3.01. The van der Waals surface area contributed by atoms with Crippen molar-refractivity contribution in [2.75, 3.05) is 5.73 Å². The zero-order valence-electron chi connectivity index (χ0n) is 7.52. The second-order valence-electron chi connectivity index (χ2n) is 2.81. The highest BCUT2D eigenvalue weighted by atomic mass is 32.1. The summed E-state index contributed by atoms with van der Waals surface area (Å²) in [6.07, 6.45) is 1.52. The molecule has 0 aliphatic rings. The van der Waals surface area contributed by atoms with E-state index in [2.05, 4.69) is 19.9 Å². The number of rotatable bonds is 1. The maximum Gasteiger partial charge on any atom is 0.247 e. The zero-order chi connectivity index (χ0) is 10.8. The monoisotopic (exact) mass is 221 g/mol. The van der Waals surface area contributed by atoms with E-state index >= 15 is 0 Å². The number of nitrogens with two attached hydrogens (primary N) is 1. The number of hydrogen-bond donors (Lipinski definition) is 3. The fourth-order valence-corrected chi connectivity index (χ4v) is 1.29. The lowest BCUT2D eigenvalue weighted by atomic mass is 10.3. The molecule has 2 aromatic heterocycles. The normalized spacial score (nSPS) is 10.1. The molecule has 0 amide bonds. The Balaban J connectivity index is 2.58. The van der Waals surface area contributed by atoms with E-state index in [0.29, 0.717) is 11.4 Å². The first kappa shape index (κ1) is 9.53. The van der Waals surface area contributed by atoms with Crippen LogP contribution < -0.4 is 11.3 Å². The minimum Gasteiger partial charge on any atom is -0.369 e. The number of nitrogens with zero attached hydrogens (tertiary/aromatic N) is 2. The highest BCUT2D eigenvalue weighted by Gasteiger charge is 2.01. The van der Waals surface area contributed by atoms with Crippen molar-refractivity contribution in [2.24, 2.45) is 0 Å². The number of aromatic amines is 2. The molecule has 0 spiro atoms. The average molecular weight is 221 g/mol. The lowest BCUT2D eigenvalue weighted by Crippen LogP contribution is -2.04. The molecule has 76 valence electrons. The predicted octanol–water partition coefficient (Wildman–Crippen LogP) is 0.472. The maximum atomic E-state index is 10.8. The van der Waals surface area contributed by atoms with E-state index in [9.17, 15) is 4.79 Å². The SMILES string of the molecule is Nc1nc(=S)nc(-c2ccc(=O)[nH]c2)[nH]1. The Morgan fingerprint density at radius 2 is 2.13 bits per heavy atom. The van der Waals surface area contributed by atoms with Crippen LogP contribution in [0.25, 0.3) is 11.4 Å². The molecule has 0 aliphatic heterocycles. The number of anilines is 1. The molecular formula is C8H7N5OS. The summed E-state index contributed by atoms with van der Waals surface area (Å²) in [5.74, 6) is 0.667. The summed E-state index contributed by atoms with van der Waals surface area (Å²) >= 11 is 4.82. The molecule has 0 unspecified atom stereocenters. The van der Waals surface area contributed by atoms with E-state index in [1.54, 1.807) is 6.07 Å². The van der Waals surface area contributed by atoms with Crippen LogP contribution in [-0.2, 0) is 0 Å². The highest BCUT2D eigenvalue weighted by molar-refractivity contribution is 7.71. The van der Waals surface area contributed by atoms with Gasteiger partial charge in [-0.3, -0.25) is 4.79 Å². The summed E-state index contributed by atoms with van der Waals surface area (Å²) in [5, 5.41) is 0. The third-order valence-electron chi connectivity index (χ3n) is 1.73. The van der Waals surface area contributed by atoms with Crippen LogP contribution in [0.4, 0.5) is 5.95 Å². The molecular weight excluding hydrogens is 214 g/mol. The van der Waals surface area contributed by atoms with Crippen molar-refractivity contribution < 1.29 is 0 Å². The zero-order valence-corrected chi connectivity index (χ0v) is 8.34. The van der Waals surface area contributed by atoms with Gasteiger partial charge in [-0.05, 0) is 18.3 Å². The minimum atomic E-state index is -0.181. The molecule has 15 heavy (non-hydrogen) atoms. The smallest absolute Gasteiger partial charge is 0.247 e. The van der Waals surface area contributed by atoms with Gasteiger partial charge in [0.1, 0.15) is 5.82 Å². The first-order chi connectivity index (χ1) is 7.15. The predicted molar refractivity (Wildman–Crippen MR) is 57.7 cm³/mol. The number of nitrogen functional groups attached to an aromatic ring is 1. The number of H-pyrrole nitrogens is 2. The molecule has 0 saturated heterocycles. The van der Waals surface area contributed by atoms with Gasteiger partial charge in [0.05, 0.1) is 0 Å². The standard InChI is InChI=1S/C8H7N5OS/c9-7-11-6(12-8(15)13-7)4-1-2-5(14)10-3-4/h1-3H,(H,10,14)(H3,9,11,12,13,15). The molecule has 0 fully saturated rings. The number of pyridine rings is 1. The van der Waals surface area contributed by atoms with E-state index in [0.717, 1.165) is 0 Å². The van der Waals surface area contributed by atoms with Crippen LogP contribution in [0, 0.1) is 4.77 Å². The van der Waals surface area contributed by atoms with Gasteiger partial charge in [0.2, 0.25) is 16.3 Å². The van der Waals surface area contributed by atoms with Gasteiger partial charge in [-0.2, -0.15) is 4.98 Å². The van der Waals surface area contributed by atoms with Crippen molar-refractivity contribution in [1.29, 1.82) is 0 Å². The van der Waals surface area contributed by atoms with E-state index in [-0.39, 0.29) is 16.3 Å². The topological polar surface area (TPSA) is 100 Å². The van der Waals surface area contributed by atoms with Crippen molar-refractivity contribution in [3.63, 3.8) is 0 Å². The second-order valence-corrected chi connectivity index (χ2v) is 3.17. The van der Waals surface area contributed by atoms with Crippen LogP contribution in [0.15, 0.2) is 23.1 Å². The van der Waals surface area contributed by atoms with Crippen LogP contribution >= 0.6 is 12.2 Å². The molecule has 0 bridgehead atoms. The van der Waals surface area contributed by atoms with Crippen molar-refractivity contribution in [2.45, 2.75) is 0 Å². The Kier molecular flexibility index (Phi) is 2.30. The molecule has 0 radical (unpaired) electrons. The van der Waals surface area contributed by atoms with Gasteiger partial charge in [0, 0.05) is 17.8 Å². The first-order valence-corrected chi connectivity index (χ1v) is 4.49. The molecule has 0 aromatic carbocycles. The average Bonchev–Trinajstić information content (AvgIpc) is 2.17. The van der Waals surface area contributed by atoms with Gasteiger partial charge in [-0.15, -0.1) is 0 Å². The van der Waals surface area contributed by atoms with Crippen molar-refractivity contribution >= 4 is 18.2 Å². The second kappa shape index (κ2) is 3.62. The molecule has 4 N–H and O–H groups in total. The van der Waals surface area contributed by atoms with Gasteiger partial charge in [-0.25, -0.2) is 4.98 Å². The van der Waals surface area contributed by atoms with Gasteiger partial charge >= 0.3 is 0 Å². The van der Waals surface area contributed by atoms with Crippen LogP contribution in [0.2, 0.25) is 0 Å². The van der Waals surface area contributed by atoms with E-state index in [1.807, 2.05) is 0 Å². The van der Waals surface area contributed by atoms with Gasteiger partial charge in [0.25, 0.3) is 0 Å². The summed E-state index contributed by atoms with van der Waals surface area (Å²) in [4.78, 5) is 23.8. The molecule has 2 rings (SSSR count). The number of aromatic nitrogens is 4. The lowest BCUT2D eigenvalue weighted by molar-refractivity contribution is 1.04. The largest absolute Gasteiger partial charge is 0.369 e. The summed E-state index contributed by atoms with van der Waals surface area (Å²) in [6.45, 7) is 0. The summed E-state index contributed by atoms with van der Waals surface area (Å²) in [7, 11) is 0. The molecule has 0 atom stereocenters. The minimum absolute atomic E-state index is 0.160.